The third-order valence-corrected chi connectivity index (χ3v) is 3.70. The number of nitrogens with zero attached hydrogens (tertiary/aromatic N) is 1. The predicted octanol–water partition coefficient (Wildman–Crippen LogP) is 4.63. The van der Waals surface area contributed by atoms with Crippen molar-refractivity contribution < 1.29 is 5.11 Å². The molecule has 4 heteroatoms. The molecule has 18 heavy (non-hydrogen) atoms. The molecule has 0 atom stereocenters. The van der Waals surface area contributed by atoms with E-state index in [1.807, 2.05) is 36.6 Å². The average Bonchev–Trinajstić information content (AvgIpc) is 2.40. The summed E-state index contributed by atoms with van der Waals surface area (Å²) in [6.07, 6.45) is 3.69. The fraction of sp³-hybridized carbons (Fsp3) is 0.0714. The Morgan fingerprint density at radius 3 is 2.78 bits per heavy atom. The fourth-order valence-electron chi connectivity index (χ4n) is 1.50. The third kappa shape index (κ3) is 3.15. The van der Waals surface area contributed by atoms with Crippen LogP contribution >= 0.6 is 27.7 Å². The van der Waals surface area contributed by atoms with Crippen LogP contribution < -0.4 is 0 Å². The second-order valence-electron chi connectivity index (χ2n) is 3.63. The summed E-state index contributed by atoms with van der Waals surface area (Å²) in [5, 5.41) is 9.72. The van der Waals surface area contributed by atoms with Gasteiger partial charge in [0.2, 0.25) is 0 Å². The monoisotopic (exact) mass is 321 g/mol. The van der Waals surface area contributed by atoms with Crippen molar-refractivity contribution in [3.63, 3.8) is 0 Å². The molecule has 0 unspecified atom stereocenters. The van der Waals surface area contributed by atoms with E-state index in [4.69, 9.17) is 0 Å². The summed E-state index contributed by atoms with van der Waals surface area (Å²) in [6, 6.07) is 13.2. The minimum atomic E-state index is 0.226. The van der Waals surface area contributed by atoms with Crippen molar-refractivity contribution >= 4 is 39.6 Å². The number of aliphatic imine (C=N–C) groups is 1. The van der Waals surface area contributed by atoms with Gasteiger partial charge in [-0.2, -0.15) is 0 Å². The first kappa shape index (κ1) is 13.2. The molecule has 0 fully saturated rings. The summed E-state index contributed by atoms with van der Waals surface area (Å²) in [7, 11) is 0. The van der Waals surface area contributed by atoms with Crippen molar-refractivity contribution in [3.8, 4) is 5.75 Å². The molecule has 0 aliphatic carbocycles. The summed E-state index contributed by atoms with van der Waals surface area (Å²) in [6.45, 7) is 0. The number of hydrogen-bond donors (Lipinski definition) is 1. The maximum absolute atomic E-state index is 9.72. The van der Waals surface area contributed by atoms with Crippen LogP contribution in [-0.4, -0.2) is 17.6 Å². The molecule has 2 aromatic rings. The molecule has 2 aromatic carbocycles. The van der Waals surface area contributed by atoms with E-state index in [1.165, 1.54) is 0 Å². The number of halogens is 1. The lowest BCUT2D eigenvalue weighted by molar-refractivity contribution is 0.474. The minimum absolute atomic E-state index is 0.226. The lowest BCUT2D eigenvalue weighted by Gasteiger charge is -2.02. The molecule has 0 bridgehead atoms. The van der Waals surface area contributed by atoms with Crippen LogP contribution in [0.15, 0.2) is 56.8 Å². The van der Waals surface area contributed by atoms with Gasteiger partial charge in [0, 0.05) is 21.1 Å². The van der Waals surface area contributed by atoms with Crippen molar-refractivity contribution in [1.82, 2.24) is 0 Å². The molecule has 0 aliphatic heterocycles. The molecule has 0 aromatic heterocycles. The first-order valence-electron chi connectivity index (χ1n) is 5.36. The normalized spacial score (nSPS) is 11.0. The molecule has 0 saturated heterocycles. The number of phenols is 1. The van der Waals surface area contributed by atoms with Crippen LogP contribution in [0.3, 0.4) is 0 Å². The van der Waals surface area contributed by atoms with Crippen molar-refractivity contribution in [2.45, 2.75) is 4.90 Å². The van der Waals surface area contributed by atoms with Crippen molar-refractivity contribution in [3.05, 3.63) is 52.5 Å². The quantitative estimate of drug-likeness (QED) is 0.660. The Morgan fingerprint density at radius 1 is 1.22 bits per heavy atom. The first-order valence-corrected chi connectivity index (χ1v) is 7.38. The molecule has 2 rings (SSSR count). The number of benzene rings is 2. The largest absolute Gasteiger partial charge is 0.507 e. The van der Waals surface area contributed by atoms with Gasteiger partial charge in [-0.15, -0.1) is 11.8 Å². The zero-order chi connectivity index (χ0) is 13.0. The molecule has 0 heterocycles. The zero-order valence-electron chi connectivity index (χ0n) is 9.80. The van der Waals surface area contributed by atoms with Gasteiger partial charge >= 0.3 is 0 Å². The zero-order valence-corrected chi connectivity index (χ0v) is 12.2. The number of rotatable bonds is 3. The number of thioether (sulfide) groups is 1. The maximum Gasteiger partial charge on any atom is 0.124 e. The van der Waals surface area contributed by atoms with Crippen molar-refractivity contribution in [2.75, 3.05) is 6.26 Å². The van der Waals surface area contributed by atoms with Gasteiger partial charge in [-0.25, -0.2) is 0 Å². The van der Waals surface area contributed by atoms with Gasteiger partial charge in [-0.3, -0.25) is 4.99 Å². The lowest BCUT2D eigenvalue weighted by Crippen LogP contribution is -1.82. The highest BCUT2D eigenvalue weighted by Crippen LogP contribution is 2.28. The Balaban J connectivity index is 2.33. The molecule has 92 valence electrons. The van der Waals surface area contributed by atoms with Crippen LogP contribution in [0.4, 0.5) is 5.69 Å². The van der Waals surface area contributed by atoms with Crippen LogP contribution in [0.2, 0.25) is 0 Å². The standard InChI is InChI=1S/C14H12BrNOS/c1-18-14-5-3-2-4-12(14)16-9-10-8-11(15)6-7-13(10)17/h2-9,17H,1H3. The van der Waals surface area contributed by atoms with Gasteiger partial charge in [0.05, 0.1) is 5.69 Å². The Kier molecular flexibility index (Phi) is 4.44. The van der Waals surface area contributed by atoms with E-state index in [1.54, 1.807) is 30.1 Å². The SMILES string of the molecule is CSc1ccccc1N=Cc1cc(Br)ccc1O. The Hall–Kier alpha value is -1.26. The van der Waals surface area contributed by atoms with E-state index >= 15 is 0 Å². The van der Waals surface area contributed by atoms with Gasteiger partial charge in [0.15, 0.2) is 0 Å². The van der Waals surface area contributed by atoms with Crippen LogP contribution in [-0.2, 0) is 0 Å². The Bertz CT molecular complexity index is 584. The molecule has 0 saturated carbocycles. The first-order chi connectivity index (χ1) is 8.70. The van der Waals surface area contributed by atoms with Crippen LogP contribution in [0.1, 0.15) is 5.56 Å². The van der Waals surface area contributed by atoms with Crippen molar-refractivity contribution in [1.29, 1.82) is 0 Å². The highest BCUT2D eigenvalue weighted by Gasteiger charge is 2.00. The van der Waals surface area contributed by atoms with E-state index in [-0.39, 0.29) is 5.75 Å². The summed E-state index contributed by atoms with van der Waals surface area (Å²) < 4.78 is 0.917. The van der Waals surface area contributed by atoms with Crippen LogP contribution in [0.25, 0.3) is 0 Å². The van der Waals surface area contributed by atoms with Gasteiger partial charge < -0.3 is 5.11 Å². The maximum atomic E-state index is 9.72. The molecule has 2 nitrogen and oxygen atoms in total. The second-order valence-corrected chi connectivity index (χ2v) is 5.40. The number of hydrogen-bond acceptors (Lipinski definition) is 3. The van der Waals surface area contributed by atoms with E-state index in [2.05, 4.69) is 20.9 Å². The number of aromatic hydroxyl groups is 1. The fourth-order valence-corrected chi connectivity index (χ4v) is 2.43. The van der Waals surface area contributed by atoms with E-state index in [9.17, 15) is 5.11 Å². The molecular weight excluding hydrogens is 310 g/mol. The van der Waals surface area contributed by atoms with Crippen LogP contribution in [0, 0.1) is 0 Å². The predicted molar refractivity (Wildman–Crippen MR) is 81.3 cm³/mol. The summed E-state index contributed by atoms with van der Waals surface area (Å²) >= 11 is 5.03. The van der Waals surface area contributed by atoms with Gasteiger partial charge in [0.25, 0.3) is 0 Å². The molecule has 0 spiro atoms. The topological polar surface area (TPSA) is 32.6 Å². The minimum Gasteiger partial charge on any atom is -0.507 e. The highest BCUT2D eigenvalue weighted by molar-refractivity contribution is 9.10. The Morgan fingerprint density at radius 2 is 2.00 bits per heavy atom. The van der Waals surface area contributed by atoms with Gasteiger partial charge in [-0.05, 0) is 36.6 Å². The lowest BCUT2D eigenvalue weighted by atomic mass is 10.2. The molecule has 0 aliphatic rings. The average molecular weight is 322 g/mol. The third-order valence-electron chi connectivity index (χ3n) is 2.42. The summed E-state index contributed by atoms with van der Waals surface area (Å²) in [4.78, 5) is 5.54. The van der Waals surface area contributed by atoms with Crippen molar-refractivity contribution in [2.24, 2.45) is 4.99 Å². The van der Waals surface area contributed by atoms with E-state index < -0.39 is 0 Å². The van der Waals surface area contributed by atoms with E-state index in [0.717, 1.165) is 15.1 Å². The molecule has 0 amide bonds. The Labute approximate surface area is 119 Å². The smallest absolute Gasteiger partial charge is 0.124 e. The second kappa shape index (κ2) is 6.07. The molecular formula is C14H12BrNOS. The summed E-state index contributed by atoms with van der Waals surface area (Å²) in [5.74, 6) is 0.226. The van der Waals surface area contributed by atoms with E-state index in [0.29, 0.717) is 5.56 Å². The van der Waals surface area contributed by atoms with Crippen LogP contribution in [0.5, 0.6) is 5.75 Å². The molecule has 1 N–H and O–H groups in total. The molecule has 0 radical (unpaired) electrons. The highest BCUT2D eigenvalue weighted by atomic mass is 79.9. The number of phenolic OH excluding ortho intramolecular Hbond substituents is 1. The van der Waals surface area contributed by atoms with Gasteiger partial charge in [-0.1, -0.05) is 28.1 Å². The number of para-hydroxylation sites is 1. The van der Waals surface area contributed by atoms with Gasteiger partial charge in [0.1, 0.15) is 5.75 Å². The summed E-state index contributed by atoms with van der Waals surface area (Å²) in [5.41, 5.74) is 1.60.